The topological polar surface area (TPSA) is 136 Å². The molecular weight excluding hydrogens is 369 g/mol. The number of benzene rings is 1. The van der Waals surface area contributed by atoms with E-state index in [1.807, 2.05) is 0 Å². The minimum Gasteiger partial charge on any atom is -0.326 e. The Hall–Kier alpha value is -0.620. The van der Waals surface area contributed by atoms with E-state index in [1.165, 1.54) is 0 Å². The number of hydrogen-bond donors (Lipinski definition) is 2. The highest BCUT2D eigenvalue weighted by molar-refractivity contribution is 7.78. The Balaban J connectivity index is 3.29. The Morgan fingerprint density at radius 2 is 1.65 bits per heavy atom. The predicted octanol–water partition coefficient (Wildman–Crippen LogP) is 3.11. The lowest BCUT2D eigenvalue weighted by molar-refractivity contribution is 0.102. The minimum atomic E-state index is -5.23. The molecule has 1 aromatic rings. The lowest BCUT2D eigenvalue weighted by atomic mass is 10.0. The fraction of sp³-hybridized carbons (Fsp3) is 0.364. The molecule has 0 aromatic heterocycles. The maximum atomic E-state index is 12.5. The molecule has 12 heteroatoms. The molecule has 0 saturated heterocycles. The van der Waals surface area contributed by atoms with Gasteiger partial charge in [0, 0.05) is 12.7 Å². The summed E-state index contributed by atoms with van der Waals surface area (Å²) in [6, 6.07) is 3.31. The van der Waals surface area contributed by atoms with Crippen LogP contribution >= 0.6 is 23.7 Å². The number of rotatable bonds is 7. The number of carbonyl (C=O) groups excluding carboxylic acids is 1. The maximum absolute atomic E-state index is 12.5. The Morgan fingerprint density at radius 1 is 1.17 bits per heavy atom. The van der Waals surface area contributed by atoms with E-state index in [-0.39, 0.29) is 5.56 Å². The van der Waals surface area contributed by atoms with Crippen LogP contribution < -0.4 is 0 Å². The van der Waals surface area contributed by atoms with Crippen molar-refractivity contribution in [3.63, 3.8) is 0 Å². The monoisotopic (exact) mass is 386 g/mol. The summed E-state index contributed by atoms with van der Waals surface area (Å²) in [7, 11) is -13.0. The van der Waals surface area contributed by atoms with Crippen LogP contribution in [0.15, 0.2) is 12.1 Å². The van der Waals surface area contributed by atoms with Crippen molar-refractivity contribution in [2.75, 3.05) is 7.11 Å². The van der Waals surface area contributed by atoms with E-state index in [9.17, 15) is 23.4 Å². The molecule has 0 saturated carbocycles. The van der Waals surface area contributed by atoms with E-state index in [4.69, 9.17) is 4.89 Å². The van der Waals surface area contributed by atoms with Crippen LogP contribution in [-0.2, 0) is 26.8 Å². The Morgan fingerprint density at radius 3 is 2.04 bits per heavy atom. The SMILES string of the molecule is COP(=O)(OP(=O)(O)O[PH](=O)O)C(=O)c1c(C)cc(C)cc1C. The Labute approximate surface area is 133 Å². The van der Waals surface area contributed by atoms with Crippen LogP contribution in [0.4, 0.5) is 0 Å². The highest BCUT2D eigenvalue weighted by Crippen LogP contribution is 2.66. The molecule has 3 unspecified atom stereocenters. The van der Waals surface area contributed by atoms with Crippen molar-refractivity contribution in [3.05, 3.63) is 34.4 Å². The molecule has 0 aliphatic rings. The molecule has 0 radical (unpaired) electrons. The van der Waals surface area contributed by atoms with Crippen molar-refractivity contribution in [3.8, 4) is 0 Å². The van der Waals surface area contributed by atoms with Crippen LogP contribution in [0, 0.1) is 20.8 Å². The molecule has 0 amide bonds. The first kappa shape index (κ1) is 20.4. The summed E-state index contributed by atoms with van der Waals surface area (Å²) in [4.78, 5) is 30.3. The second-order valence-electron chi connectivity index (χ2n) is 4.67. The number of carbonyl (C=O) groups is 1. The first-order valence-corrected chi connectivity index (χ1v) is 10.5. The summed E-state index contributed by atoms with van der Waals surface area (Å²) in [6.07, 6.45) is 0. The third-order valence-corrected chi connectivity index (χ3v) is 7.22. The van der Waals surface area contributed by atoms with Crippen molar-refractivity contribution >= 4 is 29.2 Å². The van der Waals surface area contributed by atoms with E-state index in [0.29, 0.717) is 11.1 Å². The highest BCUT2D eigenvalue weighted by atomic mass is 31.3. The predicted molar refractivity (Wildman–Crippen MR) is 82.8 cm³/mol. The third-order valence-electron chi connectivity index (χ3n) is 2.78. The molecule has 23 heavy (non-hydrogen) atoms. The van der Waals surface area contributed by atoms with Gasteiger partial charge in [-0.1, -0.05) is 17.7 Å². The van der Waals surface area contributed by atoms with Gasteiger partial charge in [-0.05, 0) is 31.9 Å². The van der Waals surface area contributed by atoms with E-state index < -0.39 is 29.2 Å². The van der Waals surface area contributed by atoms with Crippen molar-refractivity contribution in [2.45, 2.75) is 20.8 Å². The summed E-state index contributed by atoms with van der Waals surface area (Å²) in [5.74, 6) is 0. The average molecular weight is 386 g/mol. The molecule has 0 aliphatic carbocycles. The zero-order valence-corrected chi connectivity index (χ0v) is 15.6. The Bertz CT molecular complexity index is 719. The second kappa shape index (κ2) is 7.51. The molecule has 130 valence electrons. The summed E-state index contributed by atoms with van der Waals surface area (Å²) < 4.78 is 47.1. The van der Waals surface area contributed by atoms with Crippen LogP contribution in [0.5, 0.6) is 0 Å². The van der Waals surface area contributed by atoms with Crippen molar-refractivity contribution < 1.29 is 41.4 Å². The van der Waals surface area contributed by atoms with Crippen LogP contribution in [0.3, 0.4) is 0 Å². The van der Waals surface area contributed by atoms with Gasteiger partial charge in [0.15, 0.2) is 0 Å². The van der Waals surface area contributed by atoms with Crippen molar-refractivity contribution in [1.82, 2.24) is 0 Å². The summed E-state index contributed by atoms with van der Waals surface area (Å²) in [6.45, 7) is 4.99. The zero-order valence-electron chi connectivity index (χ0n) is 12.8. The first-order chi connectivity index (χ1) is 10.4. The van der Waals surface area contributed by atoms with E-state index in [2.05, 4.69) is 13.1 Å². The van der Waals surface area contributed by atoms with Gasteiger partial charge in [0.05, 0.1) is 0 Å². The maximum Gasteiger partial charge on any atom is 0.486 e. The lowest BCUT2D eigenvalue weighted by Crippen LogP contribution is -2.09. The fourth-order valence-electron chi connectivity index (χ4n) is 2.06. The molecule has 0 spiro atoms. The summed E-state index contributed by atoms with van der Waals surface area (Å²) in [5.41, 5.74) is 0.665. The molecule has 1 rings (SSSR count). The number of aryl methyl sites for hydroxylation is 3. The largest absolute Gasteiger partial charge is 0.486 e. The molecule has 0 heterocycles. The Kier molecular flexibility index (Phi) is 6.67. The van der Waals surface area contributed by atoms with Gasteiger partial charge in [0.2, 0.25) is 0 Å². The van der Waals surface area contributed by atoms with Gasteiger partial charge in [-0.25, -0.2) is 13.2 Å². The summed E-state index contributed by atoms with van der Waals surface area (Å²) >= 11 is 0. The molecule has 1 aromatic carbocycles. The van der Waals surface area contributed by atoms with E-state index in [0.717, 1.165) is 12.7 Å². The fourth-order valence-corrected chi connectivity index (χ4v) is 5.72. The third kappa shape index (κ3) is 5.18. The lowest BCUT2D eigenvalue weighted by Gasteiger charge is -2.19. The average Bonchev–Trinajstić information content (AvgIpc) is 2.34. The van der Waals surface area contributed by atoms with Crippen LogP contribution in [0.25, 0.3) is 0 Å². The highest BCUT2D eigenvalue weighted by Gasteiger charge is 2.44. The number of hydrogen-bond acceptors (Lipinski definition) is 7. The van der Waals surface area contributed by atoms with Gasteiger partial charge in [-0.15, -0.1) is 0 Å². The number of phosphoric acid groups is 1. The first-order valence-electron chi connectivity index (χ1n) is 6.17. The van der Waals surface area contributed by atoms with Crippen molar-refractivity contribution in [2.24, 2.45) is 0 Å². The second-order valence-corrected chi connectivity index (χ2v) is 9.28. The van der Waals surface area contributed by atoms with Gasteiger partial charge < -0.3 is 14.3 Å². The standard InChI is InChI=1S/C11H17O9P3/c1-7-5-8(2)10(9(3)6-7)11(12)22(15,18-4)20-23(16,17)19-21(13)14/h5-6,21H,1-4H3,(H,13,14)(H,16,17). The molecule has 3 atom stereocenters. The van der Waals surface area contributed by atoms with Gasteiger partial charge in [-0.2, -0.15) is 0 Å². The minimum absolute atomic E-state index is 0.0115. The molecule has 0 fully saturated rings. The van der Waals surface area contributed by atoms with Crippen LogP contribution in [0.2, 0.25) is 0 Å². The molecule has 9 nitrogen and oxygen atoms in total. The van der Waals surface area contributed by atoms with Crippen LogP contribution in [0.1, 0.15) is 27.0 Å². The molecule has 2 N–H and O–H groups in total. The van der Waals surface area contributed by atoms with Gasteiger partial charge in [0.1, 0.15) is 0 Å². The quantitative estimate of drug-likeness (QED) is 0.677. The van der Waals surface area contributed by atoms with Gasteiger partial charge in [0.25, 0.3) is 5.52 Å². The smallest absolute Gasteiger partial charge is 0.326 e. The zero-order chi connectivity index (χ0) is 18.0. The van der Waals surface area contributed by atoms with E-state index >= 15 is 0 Å². The summed E-state index contributed by atoms with van der Waals surface area (Å²) in [5, 5.41) is 0. The van der Waals surface area contributed by atoms with Crippen molar-refractivity contribution in [1.29, 1.82) is 0 Å². The molecule has 0 aliphatic heterocycles. The van der Waals surface area contributed by atoms with Gasteiger partial charge in [-0.3, -0.25) is 13.9 Å². The van der Waals surface area contributed by atoms with E-state index in [1.54, 1.807) is 32.9 Å². The van der Waals surface area contributed by atoms with Gasteiger partial charge >= 0.3 is 23.7 Å². The van der Waals surface area contributed by atoms with Crippen LogP contribution in [-0.4, -0.2) is 22.4 Å². The molecular formula is C11H17O9P3. The molecule has 0 bridgehead atoms. The normalized spacial score (nSPS) is 18.0.